The number of anilines is 1. The molecule has 4 aromatic rings. The molecule has 2 aromatic heterocycles. The minimum Gasteiger partial charge on any atom is -0.457 e. The zero-order valence-electron chi connectivity index (χ0n) is 19.1. The van der Waals surface area contributed by atoms with Crippen LogP contribution in [0, 0.1) is 0 Å². The van der Waals surface area contributed by atoms with E-state index < -0.39 is 0 Å². The highest BCUT2D eigenvalue weighted by molar-refractivity contribution is 6.00. The zero-order valence-corrected chi connectivity index (χ0v) is 19.1. The Labute approximate surface area is 198 Å². The van der Waals surface area contributed by atoms with E-state index in [4.69, 9.17) is 10.5 Å². The highest BCUT2D eigenvalue weighted by atomic mass is 16.5. The molecule has 2 aromatic carbocycles. The molecule has 0 aliphatic heterocycles. The molecule has 5 rings (SSSR count). The number of nitrogens with zero attached hydrogens (tertiary/aromatic N) is 3. The second-order valence-corrected chi connectivity index (χ2v) is 8.50. The van der Waals surface area contributed by atoms with Crippen molar-refractivity contribution >= 4 is 22.8 Å². The maximum atomic E-state index is 11.7. The molecule has 0 radical (unpaired) electrons. The van der Waals surface area contributed by atoms with Crippen molar-refractivity contribution in [3.05, 3.63) is 78.8 Å². The number of hydrogen-bond acceptors (Lipinski definition) is 5. The van der Waals surface area contributed by atoms with Crippen molar-refractivity contribution in [1.82, 2.24) is 19.9 Å². The van der Waals surface area contributed by atoms with E-state index in [0.29, 0.717) is 5.82 Å². The topological polar surface area (TPSA) is 95.1 Å². The lowest BCUT2D eigenvalue weighted by atomic mass is 9.90. The van der Waals surface area contributed by atoms with Crippen LogP contribution < -0.4 is 15.8 Å². The lowest BCUT2D eigenvalue weighted by molar-refractivity contribution is -0.116. The molecule has 1 saturated carbocycles. The molecule has 1 aliphatic carbocycles. The fraction of sp³-hybridized carbons (Fsp3) is 0.222. The maximum Gasteiger partial charge on any atom is 0.243 e. The normalized spacial score (nSPS) is 15.8. The molecule has 1 amide bonds. The van der Waals surface area contributed by atoms with Gasteiger partial charge in [-0.3, -0.25) is 4.79 Å². The van der Waals surface area contributed by atoms with Crippen molar-refractivity contribution in [2.75, 3.05) is 12.8 Å². The number of hydrogen-bond donors (Lipinski definition) is 2. The van der Waals surface area contributed by atoms with Crippen LogP contribution in [0.1, 0.15) is 31.7 Å². The van der Waals surface area contributed by atoms with Crippen molar-refractivity contribution in [2.24, 2.45) is 0 Å². The number of nitrogen functional groups attached to an aromatic ring is 1. The van der Waals surface area contributed by atoms with Crippen LogP contribution in [0.5, 0.6) is 11.5 Å². The van der Waals surface area contributed by atoms with E-state index in [9.17, 15) is 4.79 Å². The van der Waals surface area contributed by atoms with Gasteiger partial charge in [0.15, 0.2) is 0 Å². The third-order valence-electron chi connectivity index (χ3n) is 6.36. The predicted octanol–water partition coefficient (Wildman–Crippen LogP) is 5.26. The van der Waals surface area contributed by atoms with Crippen molar-refractivity contribution in [3.8, 4) is 22.6 Å². The number of benzene rings is 2. The molecule has 0 bridgehead atoms. The van der Waals surface area contributed by atoms with Gasteiger partial charge in [-0.25, -0.2) is 9.97 Å². The van der Waals surface area contributed by atoms with Gasteiger partial charge >= 0.3 is 0 Å². The number of carbonyl (C=O) groups is 1. The molecule has 34 heavy (non-hydrogen) atoms. The van der Waals surface area contributed by atoms with E-state index in [0.717, 1.165) is 59.3 Å². The standard InChI is InChI=1S/C27H27N5O2/c1-29-24(33)15-18-7-11-20(12-8-18)32-16-23(25-26(28)30-17-31-27(25)32)19-9-13-22(14-10-19)34-21-5-3-2-4-6-21/h2-6,9-10,13-17,20H,7-8,11-12H2,1H3,(H,29,33)(H2,28,30,31). The van der Waals surface area contributed by atoms with Gasteiger partial charge in [-0.05, 0) is 55.5 Å². The van der Waals surface area contributed by atoms with Crippen molar-refractivity contribution < 1.29 is 9.53 Å². The number of ether oxygens (including phenoxy) is 1. The van der Waals surface area contributed by atoms with Gasteiger partial charge in [0.2, 0.25) is 5.91 Å². The SMILES string of the molecule is CNC(=O)C=C1CCC(n2cc(-c3ccc(Oc4ccccc4)cc3)c3c(N)ncnc32)CC1. The van der Waals surface area contributed by atoms with Crippen LogP contribution in [0.15, 0.2) is 78.8 Å². The molecular formula is C27H27N5O2. The van der Waals surface area contributed by atoms with Gasteiger partial charge in [-0.15, -0.1) is 0 Å². The fourth-order valence-corrected chi connectivity index (χ4v) is 4.59. The van der Waals surface area contributed by atoms with Gasteiger partial charge in [0, 0.05) is 30.9 Å². The Morgan fingerprint density at radius 1 is 1.06 bits per heavy atom. The summed E-state index contributed by atoms with van der Waals surface area (Å²) in [6, 6.07) is 18.0. The Morgan fingerprint density at radius 3 is 2.47 bits per heavy atom. The molecule has 0 saturated heterocycles. The highest BCUT2D eigenvalue weighted by Gasteiger charge is 2.23. The van der Waals surface area contributed by atoms with Crippen LogP contribution in [0.3, 0.4) is 0 Å². The zero-order chi connectivity index (χ0) is 23.5. The van der Waals surface area contributed by atoms with Gasteiger partial charge in [0.05, 0.1) is 5.39 Å². The average Bonchev–Trinajstić information content (AvgIpc) is 3.26. The summed E-state index contributed by atoms with van der Waals surface area (Å²) in [5.41, 5.74) is 10.4. The summed E-state index contributed by atoms with van der Waals surface area (Å²) < 4.78 is 8.17. The quantitative estimate of drug-likeness (QED) is 0.402. The molecule has 7 heteroatoms. The third kappa shape index (κ3) is 4.37. The van der Waals surface area contributed by atoms with Crippen LogP contribution in [-0.4, -0.2) is 27.5 Å². The largest absolute Gasteiger partial charge is 0.457 e. The predicted molar refractivity (Wildman–Crippen MR) is 134 cm³/mol. The molecule has 1 fully saturated rings. The molecule has 2 heterocycles. The Morgan fingerprint density at radius 2 is 1.76 bits per heavy atom. The Kier molecular flexibility index (Phi) is 5.99. The third-order valence-corrected chi connectivity index (χ3v) is 6.36. The fourth-order valence-electron chi connectivity index (χ4n) is 4.59. The molecule has 172 valence electrons. The van der Waals surface area contributed by atoms with Gasteiger partial charge in [-0.2, -0.15) is 0 Å². The molecular weight excluding hydrogens is 426 g/mol. The molecule has 1 aliphatic rings. The second-order valence-electron chi connectivity index (χ2n) is 8.50. The average molecular weight is 454 g/mol. The van der Waals surface area contributed by atoms with Crippen LogP contribution in [0.2, 0.25) is 0 Å². The first-order valence-electron chi connectivity index (χ1n) is 11.5. The van der Waals surface area contributed by atoms with Gasteiger partial charge in [-0.1, -0.05) is 35.9 Å². The van der Waals surface area contributed by atoms with E-state index in [1.807, 2.05) is 54.6 Å². The van der Waals surface area contributed by atoms with Crippen LogP contribution in [0.4, 0.5) is 5.82 Å². The Balaban J connectivity index is 1.44. The molecule has 0 atom stereocenters. The van der Waals surface area contributed by atoms with Gasteiger partial charge in [0.25, 0.3) is 0 Å². The monoisotopic (exact) mass is 453 g/mol. The number of fused-ring (bicyclic) bond motifs is 1. The van der Waals surface area contributed by atoms with E-state index in [1.165, 1.54) is 11.9 Å². The first-order chi connectivity index (χ1) is 16.6. The lowest BCUT2D eigenvalue weighted by Crippen LogP contribution is -2.18. The summed E-state index contributed by atoms with van der Waals surface area (Å²) in [5, 5.41) is 3.53. The molecule has 7 nitrogen and oxygen atoms in total. The summed E-state index contributed by atoms with van der Waals surface area (Å²) in [6.45, 7) is 0. The number of aromatic nitrogens is 3. The summed E-state index contributed by atoms with van der Waals surface area (Å²) in [5.74, 6) is 2.00. The van der Waals surface area contributed by atoms with Crippen LogP contribution in [-0.2, 0) is 4.79 Å². The molecule has 0 unspecified atom stereocenters. The van der Waals surface area contributed by atoms with E-state index in [1.54, 1.807) is 13.1 Å². The number of nitrogens with one attached hydrogen (secondary N) is 1. The second kappa shape index (κ2) is 9.39. The first-order valence-corrected chi connectivity index (χ1v) is 11.5. The number of nitrogens with two attached hydrogens (primary N) is 1. The lowest BCUT2D eigenvalue weighted by Gasteiger charge is -2.25. The van der Waals surface area contributed by atoms with E-state index in [2.05, 4.69) is 26.0 Å². The number of carbonyl (C=O) groups excluding carboxylic acids is 1. The number of rotatable bonds is 5. The van der Waals surface area contributed by atoms with Gasteiger partial charge < -0.3 is 20.4 Å². The van der Waals surface area contributed by atoms with E-state index >= 15 is 0 Å². The number of para-hydroxylation sites is 1. The number of likely N-dealkylation sites (N-methyl/N-ethyl adjacent to an activating group) is 1. The highest BCUT2D eigenvalue weighted by Crippen LogP contribution is 2.39. The van der Waals surface area contributed by atoms with Crippen molar-refractivity contribution in [3.63, 3.8) is 0 Å². The van der Waals surface area contributed by atoms with Crippen LogP contribution >= 0.6 is 0 Å². The molecule has 3 N–H and O–H groups in total. The van der Waals surface area contributed by atoms with Crippen molar-refractivity contribution in [1.29, 1.82) is 0 Å². The number of amides is 1. The summed E-state index contributed by atoms with van der Waals surface area (Å²) in [7, 11) is 1.66. The maximum absolute atomic E-state index is 11.7. The minimum absolute atomic E-state index is 0.0395. The van der Waals surface area contributed by atoms with Crippen LogP contribution in [0.25, 0.3) is 22.2 Å². The summed E-state index contributed by atoms with van der Waals surface area (Å²) in [6.07, 6.45) is 9.06. The Hall–Kier alpha value is -4.13. The van der Waals surface area contributed by atoms with Crippen molar-refractivity contribution in [2.45, 2.75) is 31.7 Å². The van der Waals surface area contributed by atoms with E-state index in [-0.39, 0.29) is 11.9 Å². The summed E-state index contributed by atoms with van der Waals surface area (Å²) in [4.78, 5) is 20.5. The first kappa shape index (κ1) is 21.7. The number of allylic oxidation sites excluding steroid dienone is 1. The smallest absolute Gasteiger partial charge is 0.243 e. The molecule has 0 spiro atoms. The Bertz CT molecular complexity index is 1330. The van der Waals surface area contributed by atoms with Gasteiger partial charge in [0.1, 0.15) is 29.3 Å². The minimum atomic E-state index is -0.0395. The summed E-state index contributed by atoms with van der Waals surface area (Å²) >= 11 is 0.